The lowest BCUT2D eigenvalue weighted by Gasteiger charge is -2.32. The number of hydrogen-bond acceptors (Lipinski definition) is 3. The minimum Gasteiger partial charge on any atom is -0.480 e. The van der Waals surface area contributed by atoms with Gasteiger partial charge in [-0.1, -0.05) is 12.8 Å². The fourth-order valence-electron chi connectivity index (χ4n) is 3.62. The van der Waals surface area contributed by atoms with Crippen molar-refractivity contribution in [1.82, 2.24) is 4.90 Å². The molecule has 4 heteroatoms. The Balaban J connectivity index is 1.94. The quantitative estimate of drug-likeness (QED) is 0.761. The zero-order valence-corrected chi connectivity index (χ0v) is 10.8. The van der Waals surface area contributed by atoms with Gasteiger partial charge < -0.3 is 5.11 Å². The average Bonchev–Trinajstić information content (AvgIpc) is 2.74. The molecule has 2 aliphatic rings. The van der Waals surface area contributed by atoms with Gasteiger partial charge in [0.1, 0.15) is 6.04 Å². The van der Waals surface area contributed by atoms with Gasteiger partial charge in [-0.3, -0.25) is 9.69 Å². The van der Waals surface area contributed by atoms with Crippen molar-refractivity contribution in [3.63, 3.8) is 0 Å². The number of rotatable bonds is 5. The standard InChI is InChI=1S/C14H22N2O2/c15-8-4-1-5-9-16-12-7-3-2-6-11(12)10-13(16)14(17)18/h11-13H,1-7,9-10H2,(H,17,18). The summed E-state index contributed by atoms with van der Waals surface area (Å²) < 4.78 is 0. The summed E-state index contributed by atoms with van der Waals surface area (Å²) in [6.07, 6.45) is 8.10. The first-order chi connectivity index (χ1) is 8.74. The molecule has 18 heavy (non-hydrogen) atoms. The van der Waals surface area contributed by atoms with Crippen molar-refractivity contribution in [2.45, 2.75) is 63.5 Å². The van der Waals surface area contributed by atoms with Crippen LogP contribution in [0, 0.1) is 17.2 Å². The van der Waals surface area contributed by atoms with Crippen LogP contribution in [0.5, 0.6) is 0 Å². The maximum Gasteiger partial charge on any atom is 0.320 e. The van der Waals surface area contributed by atoms with E-state index in [9.17, 15) is 9.90 Å². The van der Waals surface area contributed by atoms with Crippen molar-refractivity contribution in [3.8, 4) is 6.07 Å². The number of unbranched alkanes of at least 4 members (excludes halogenated alkanes) is 2. The molecule has 4 nitrogen and oxygen atoms in total. The first-order valence-corrected chi connectivity index (χ1v) is 7.09. The van der Waals surface area contributed by atoms with Crippen molar-refractivity contribution >= 4 is 5.97 Å². The van der Waals surface area contributed by atoms with Crippen LogP contribution in [0.25, 0.3) is 0 Å². The maximum absolute atomic E-state index is 11.4. The lowest BCUT2D eigenvalue weighted by atomic mass is 9.85. The molecule has 2 rings (SSSR count). The van der Waals surface area contributed by atoms with Crippen LogP contribution in [0.2, 0.25) is 0 Å². The van der Waals surface area contributed by atoms with E-state index in [1.165, 1.54) is 19.3 Å². The third-order valence-corrected chi connectivity index (χ3v) is 4.46. The van der Waals surface area contributed by atoms with Crippen molar-refractivity contribution in [3.05, 3.63) is 0 Å². The van der Waals surface area contributed by atoms with E-state index in [0.717, 1.165) is 32.2 Å². The lowest BCUT2D eigenvalue weighted by Crippen LogP contribution is -2.42. The van der Waals surface area contributed by atoms with E-state index < -0.39 is 5.97 Å². The predicted octanol–water partition coefficient (Wildman–Crippen LogP) is 2.40. The molecule has 1 saturated heterocycles. The van der Waals surface area contributed by atoms with Gasteiger partial charge in [0.15, 0.2) is 0 Å². The molecule has 0 amide bonds. The Morgan fingerprint density at radius 1 is 1.33 bits per heavy atom. The van der Waals surface area contributed by atoms with Gasteiger partial charge in [0, 0.05) is 12.5 Å². The van der Waals surface area contributed by atoms with Crippen molar-refractivity contribution in [2.75, 3.05) is 6.54 Å². The Morgan fingerprint density at radius 3 is 2.83 bits per heavy atom. The summed E-state index contributed by atoms with van der Waals surface area (Å²) in [5, 5.41) is 17.9. The summed E-state index contributed by atoms with van der Waals surface area (Å²) in [6.45, 7) is 0.847. The van der Waals surface area contributed by atoms with Crippen LogP contribution in [0.4, 0.5) is 0 Å². The third-order valence-electron chi connectivity index (χ3n) is 4.46. The number of fused-ring (bicyclic) bond motifs is 1. The molecule has 1 N–H and O–H groups in total. The Hall–Kier alpha value is -1.08. The highest BCUT2D eigenvalue weighted by atomic mass is 16.4. The summed E-state index contributed by atoms with van der Waals surface area (Å²) in [5.74, 6) is -0.0690. The van der Waals surface area contributed by atoms with Crippen LogP contribution < -0.4 is 0 Å². The zero-order valence-electron chi connectivity index (χ0n) is 10.8. The minimum absolute atomic E-state index is 0.278. The molecule has 0 radical (unpaired) electrons. The first kappa shape index (κ1) is 13.4. The number of nitrogens with zero attached hydrogens (tertiary/aromatic N) is 2. The largest absolute Gasteiger partial charge is 0.480 e. The van der Waals surface area contributed by atoms with E-state index >= 15 is 0 Å². The molecule has 3 unspecified atom stereocenters. The molecule has 3 atom stereocenters. The predicted molar refractivity (Wildman–Crippen MR) is 68.0 cm³/mol. The van der Waals surface area contributed by atoms with E-state index in [1.54, 1.807) is 0 Å². The van der Waals surface area contributed by atoms with Gasteiger partial charge in [-0.2, -0.15) is 5.26 Å². The van der Waals surface area contributed by atoms with Gasteiger partial charge in [-0.15, -0.1) is 0 Å². The molecule has 1 aliphatic heterocycles. The van der Waals surface area contributed by atoms with E-state index in [2.05, 4.69) is 11.0 Å². The fraction of sp³-hybridized carbons (Fsp3) is 0.857. The van der Waals surface area contributed by atoms with E-state index in [4.69, 9.17) is 5.26 Å². The summed E-state index contributed by atoms with van der Waals surface area (Å²) in [6, 6.07) is 2.36. The van der Waals surface area contributed by atoms with Crippen LogP contribution >= 0.6 is 0 Å². The second-order valence-corrected chi connectivity index (χ2v) is 5.55. The molecule has 0 aromatic heterocycles. The van der Waals surface area contributed by atoms with Crippen LogP contribution in [0.3, 0.4) is 0 Å². The number of carboxylic acid groups (broad SMARTS) is 1. The summed E-state index contributed by atoms with van der Waals surface area (Å²) in [7, 11) is 0. The first-order valence-electron chi connectivity index (χ1n) is 7.09. The number of likely N-dealkylation sites (tertiary alicyclic amines) is 1. The summed E-state index contributed by atoms with van der Waals surface area (Å²) in [4.78, 5) is 13.6. The second-order valence-electron chi connectivity index (χ2n) is 5.55. The number of carboxylic acids is 1. The van der Waals surface area contributed by atoms with Crippen LogP contribution in [0.1, 0.15) is 51.4 Å². The van der Waals surface area contributed by atoms with Crippen LogP contribution in [0.15, 0.2) is 0 Å². The fourth-order valence-corrected chi connectivity index (χ4v) is 3.62. The summed E-state index contributed by atoms with van der Waals surface area (Å²) in [5.41, 5.74) is 0. The topological polar surface area (TPSA) is 64.3 Å². The van der Waals surface area contributed by atoms with Crippen LogP contribution in [-0.2, 0) is 4.79 Å². The van der Waals surface area contributed by atoms with Gasteiger partial charge in [0.05, 0.1) is 6.07 Å². The molecule has 1 saturated carbocycles. The number of nitriles is 1. The Labute approximate surface area is 109 Å². The molecular formula is C14H22N2O2. The highest BCUT2D eigenvalue weighted by Gasteiger charge is 2.44. The molecule has 100 valence electrons. The monoisotopic (exact) mass is 250 g/mol. The Bertz CT molecular complexity index is 337. The van der Waals surface area contributed by atoms with E-state index in [0.29, 0.717) is 18.4 Å². The maximum atomic E-state index is 11.4. The molecule has 2 fully saturated rings. The lowest BCUT2D eigenvalue weighted by molar-refractivity contribution is -0.142. The smallest absolute Gasteiger partial charge is 0.320 e. The number of aliphatic carboxylic acids is 1. The van der Waals surface area contributed by atoms with E-state index in [-0.39, 0.29) is 6.04 Å². The normalized spacial score (nSPS) is 31.8. The van der Waals surface area contributed by atoms with Gasteiger partial charge in [0.2, 0.25) is 0 Å². The van der Waals surface area contributed by atoms with E-state index in [1.807, 2.05) is 0 Å². The average molecular weight is 250 g/mol. The molecular weight excluding hydrogens is 228 g/mol. The highest BCUT2D eigenvalue weighted by molar-refractivity contribution is 5.74. The SMILES string of the molecule is N#CCCCCN1C(C(=O)O)CC2CCCCC21. The van der Waals surface area contributed by atoms with Crippen molar-refractivity contribution in [1.29, 1.82) is 5.26 Å². The second kappa shape index (κ2) is 6.19. The van der Waals surface area contributed by atoms with Gasteiger partial charge in [0.25, 0.3) is 0 Å². The highest BCUT2D eigenvalue weighted by Crippen LogP contribution is 2.39. The van der Waals surface area contributed by atoms with Crippen molar-refractivity contribution < 1.29 is 9.90 Å². The molecule has 0 aromatic rings. The molecule has 0 bridgehead atoms. The molecule has 0 aromatic carbocycles. The number of carbonyl (C=O) groups is 1. The third kappa shape index (κ3) is 2.84. The van der Waals surface area contributed by atoms with Gasteiger partial charge in [-0.25, -0.2) is 0 Å². The van der Waals surface area contributed by atoms with Crippen LogP contribution in [-0.4, -0.2) is 34.6 Å². The molecule has 0 spiro atoms. The zero-order chi connectivity index (χ0) is 13.0. The Morgan fingerprint density at radius 2 is 2.11 bits per heavy atom. The van der Waals surface area contributed by atoms with Crippen molar-refractivity contribution in [2.24, 2.45) is 5.92 Å². The van der Waals surface area contributed by atoms with Gasteiger partial charge >= 0.3 is 5.97 Å². The minimum atomic E-state index is -0.662. The van der Waals surface area contributed by atoms with Gasteiger partial charge in [-0.05, 0) is 44.6 Å². The number of hydrogen-bond donors (Lipinski definition) is 1. The Kier molecular flexibility index (Phi) is 4.60. The summed E-state index contributed by atoms with van der Waals surface area (Å²) >= 11 is 0. The molecule has 1 heterocycles. The molecule has 1 aliphatic carbocycles.